The molecular formula is C52H32. The normalized spacial score (nSPS) is 11.8. The quantitative estimate of drug-likeness (QED) is 0.131. The van der Waals surface area contributed by atoms with Crippen molar-refractivity contribution in [3.05, 3.63) is 194 Å². The van der Waals surface area contributed by atoms with Crippen LogP contribution in [0.1, 0.15) is 0 Å². The van der Waals surface area contributed by atoms with Crippen LogP contribution in [0, 0.1) is 0 Å². The Balaban J connectivity index is 1.22. The van der Waals surface area contributed by atoms with Crippen molar-refractivity contribution in [3.63, 3.8) is 0 Å². The second kappa shape index (κ2) is 11.4. The zero-order valence-electron chi connectivity index (χ0n) is 28.5. The van der Waals surface area contributed by atoms with E-state index in [1.54, 1.807) is 0 Å². The summed E-state index contributed by atoms with van der Waals surface area (Å²) in [4.78, 5) is 0. The lowest BCUT2D eigenvalue weighted by Gasteiger charge is -2.21. The van der Waals surface area contributed by atoms with Gasteiger partial charge in [-0.15, -0.1) is 0 Å². The van der Waals surface area contributed by atoms with Gasteiger partial charge in [0.2, 0.25) is 0 Å². The number of rotatable bonds is 3. The van der Waals surface area contributed by atoms with Crippen LogP contribution >= 0.6 is 0 Å². The lowest BCUT2D eigenvalue weighted by Crippen LogP contribution is -1.93. The molecule has 240 valence electrons. The summed E-state index contributed by atoms with van der Waals surface area (Å²) in [6, 6.07) is 71.9. The Bertz CT molecular complexity index is 3180. The Kier molecular flexibility index (Phi) is 6.35. The molecule has 0 bridgehead atoms. The van der Waals surface area contributed by atoms with Crippen LogP contribution in [-0.2, 0) is 0 Å². The molecule has 0 heteroatoms. The molecule has 0 atom stereocenters. The number of hydrogen-bond donors (Lipinski definition) is 0. The molecule has 0 aliphatic carbocycles. The van der Waals surface area contributed by atoms with Crippen molar-refractivity contribution in [2.45, 2.75) is 0 Å². The number of fused-ring (bicyclic) bond motifs is 9. The zero-order chi connectivity index (χ0) is 34.2. The Morgan fingerprint density at radius 1 is 0.173 bits per heavy atom. The summed E-state index contributed by atoms with van der Waals surface area (Å²) in [6.07, 6.45) is 0. The largest absolute Gasteiger partial charge is 0.0616 e. The van der Waals surface area contributed by atoms with Crippen molar-refractivity contribution in [2.75, 3.05) is 0 Å². The Labute approximate surface area is 301 Å². The van der Waals surface area contributed by atoms with Gasteiger partial charge in [-0.25, -0.2) is 0 Å². The Hall–Kier alpha value is -6.76. The first-order chi connectivity index (χ1) is 25.8. The molecule has 0 saturated heterocycles. The summed E-state index contributed by atoms with van der Waals surface area (Å²) in [5.74, 6) is 0. The highest BCUT2D eigenvalue weighted by molar-refractivity contribution is 6.27. The third-order valence-corrected chi connectivity index (χ3v) is 11.2. The van der Waals surface area contributed by atoms with Gasteiger partial charge in [0.25, 0.3) is 0 Å². The van der Waals surface area contributed by atoms with Crippen molar-refractivity contribution in [2.24, 2.45) is 0 Å². The first-order valence-electron chi connectivity index (χ1n) is 18.1. The molecule has 0 heterocycles. The van der Waals surface area contributed by atoms with E-state index in [0.717, 1.165) is 0 Å². The van der Waals surface area contributed by atoms with Crippen LogP contribution in [0.4, 0.5) is 0 Å². The highest BCUT2D eigenvalue weighted by atomic mass is 14.2. The monoisotopic (exact) mass is 656 g/mol. The van der Waals surface area contributed by atoms with E-state index in [9.17, 15) is 0 Å². The van der Waals surface area contributed by atoms with Gasteiger partial charge in [-0.3, -0.25) is 0 Å². The van der Waals surface area contributed by atoms with Crippen LogP contribution in [-0.4, -0.2) is 0 Å². The molecule has 0 unspecified atom stereocenters. The minimum absolute atomic E-state index is 1.26. The molecule has 0 radical (unpaired) electrons. The SMILES string of the molecule is c1ccc2c(c1)cc(-c1ccc(-c3c4ccccc4c(-c4cccc5c4ccc4ccccc45)c4ccccc34)c3ccccc13)c1ccccc12. The lowest BCUT2D eigenvalue weighted by atomic mass is 9.82. The van der Waals surface area contributed by atoms with E-state index < -0.39 is 0 Å². The molecule has 0 aromatic heterocycles. The van der Waals surface area contributed by atoms with Crippen LogP contribution in [0.15, 0.2) is 194 Å². The standard InChI is InChI=1S/C52H32/c1-3-16-35-33(14-1)28-29-42-38(35)26-13-27-44(42)51-45-22-9-11-24-47(45)52(48-25-12-10-23-46(48)51)49-31-30-43(39-19-6-7-20-40(39)49)50-32-34-15-2-4-17-36(34)37-18-5-8-21-41(37)50/h1-32H. The molecular weight excluding hydrogens is 625 g/mol. The molecule has 0 N–H and O–H groups in total. The molecule has 0 fully saturated rings. The van der Waals surface area contributed by atoms with Crippen LogP contribution in [0.2, 0.25) is 0 Å². The van der Waals surface area contributed by atoms with Gasteiger partial charge < -0.3 is 0 Å². The third kappa shape index (κ3) is 4.22. The fourth-order valence-corrected chi connectivity index (χ4v) is 9.00. The van der Waals surface area contributed by atoms with E-state index in [-0.39, 0.29) is 0 Å². The minimum Gasteiger partial charge on any atom is -0.0616 e. The summed E-state index contributed by atoms with van der Waals surface area (Å²) >= 11 is 0. The topological polar surface area (TPSA) is 0 Å². The van der Waals surface area contributed by atoms with Gasteiger partial charge in [-0.2, -0.15) is 0 Å². The molecule has 11 aromatic carbocycles. The van der Waals surface area contributed by atoms with Gasteiger partial charge in [0, 0.05) is 0 Å². The van der Waals surface area contributed by atoms with E-state index in [1.165, 1.54) is 109 Å². The predicted octanol–water partition coefficient (Wildman–Crippen LogP) is 14.8. The average molecular weight is 657 g/mol. The summed E-state index contributed by atoms with van der Waals surface area (Å²) < 4.78 is 0. The van der Waals surface area contributed by atoms with Crippen molar-refractivity contribution in [3.8, 4) is 33.4 Å². The van der Waals surface area contributed by atoms with Crippen molar-refractivity contribution in [1.82, 2.24) is 0 Å². The highest BCUT2D eigenvalue weighted by Crippen LogP contribution is 2.48. The van der Waals surface area contributed by atoms with Crippen LogP contribution < -0.4 is 0 Å². The summed E-state index contributed by atoms with van der Waals surface area (Å²) in [7, 11) is 0. The smallest absolute Gasteiger partial charge is 0.00201 e. The molecule has 0 amide bonds. The number of hydrogen-bond acceptors (Lipinski definition) is 0. The predicted molar refractivity (Wildman–Crippen MR) is 225 cm³/mol. The third-order valence-electron chi connectivity index (χ3n) is 11.2. The molecule has 0 aliphatic rings. The molecule has 0 spiro atoms. The van der Waals surface area contributed by atoms with E-state index >= 15 is 0 Å². The second-order valence-corrected chi connectivity index (χ2v) is 13.9. The lowest BCUT2D eigenvalue weighted by molar-refractivity contribution is 1.67. The first kappa shape index (κ1) is 29.0. The van der Waals surface area contributed by atoms with Crippen molar-refractivity contribution in [1.29, 1.82) is 0 Å². The second-order valence-electron chi connectivity index (χ2n) is 13.9. The van der Waals surface area contributed by atoms with E-state index in [0.29, 0.717) is 0 Å². The molecule has 11 aromatic rings. The molecule has 52 heavy (non-hydrogen) atoms. The fourth-order valence-electron chi connectivity index (χ4n) is 9.00. The van der Waals surface area contributed by atoms with Crippen LogP contribution in [0.3, 0.4) is 0 Å². The van der Waals surface area contributed by atoms with Gasteiger partial charge in [0.1, 0.15) is 0 Å². The summed E-state index contributed by atoms with van der Waals surface area (Å²) in [6.45, 7) is 0. The Morgan fingerprint density at radius 2 is 0.538 bits per heavy atom. The van der Waals surface area contributed by atoms with Gasteiger partial charge in [-0.05, 0) is 115 Å². The Morgan fingerprint density at radius 3 is 1.13 bits per heavy atom. The van der Waals surface area contributed by atoms with Gasteiger partial charge in [0.15, 0.2) is 0 Å². The van der Waals surface area contributed by atoms with Gasteiger partial charge >= 0.3 is 0 Å². The minimum atomic E-state index is 1.26. The van der Waals surface area contributed by atoms with E-state index in [1.807, 2.05) is 0 Å². The fraction of sp³-hybridized carbons (Fsp3) is 0. The number of benzene rings is 11. The van der Waals surface area contributed by atoms with Crippen molar-refractivity contribution >= 4 is 75.4 Å². The first-order valence-corrected chi connectivity index (χ1v) is 18.1. The maximum absolute atomic E-state index is 2.38. The molecule has 0 nitrogen and oxygen atoms in total. The maximum Gasteiger partial charge on any atom is -0.00201 e. The average Bonchev–Trinajstić information content (AvgIpc) is 3.22. The molecule has 11 rings (SSSR count). The summed E-state index contributed by atoms with van der Waals surface area (Å²) in [5.41, 5.74) is 7.63. The van der Waals surface area contributed by atoms with Gasteiger partial charge in [0.05, 0.1) is 0 Å². The van der Waals surface area contributed by atoms with Gasteiger partial charge in [-0.1, -0.05) is 188 Å². The van der Waals surface area contributed by atoms with E-state index in [4.69, 9.17) is 0 Å². The molecule has 0 saturated carbocycles. The zero-order valence-corrected chi connectivity index (χ0v) is 28.5. The molecule has 0 aliphatic heterocycles. The summed E-state index contributed by atoms with van der Waals surface area (Å²) in [5, 5.41) is 17.8. The van der Waals surface area contributed by atoms with Crippen LogP contribution in [0.25, 0.3) is 109 Å². The van der Waals surface area contributed by atoms with Crippen molar-refractivity contribution < 1.29 is 0 Å². The highest BCUT2D eigenvalue weighted by Gasteiger charge is 2.21. The maximum atomic E-state index is 2.38. The van der Waals surface area contributed by atoms with E-state index in [2.05, 4.69) is 194 Å². The van der Waals surface area contributed by atoms with Crippen LogP contribution in [0.5, 0.6) is 0 Å².